The van der Waals surface area contributed by atoms with E-state index in [0.29, 0.717) is 40.2 Å². The fraction of sp³-hybridized carbons (Fsp3) is 0.333. The SMILES string of the molecule is CCCOc1c(C)c(OC(C)=O)c2ccccc2c1OC(C)=O. The maximum atomic E-state index is 11.5. The molecular weight excluding hydrogens is 296 g/mol. The highest BCUT2D eigenvalue weighted by atomic mass is 16.6. The predicted molar refractivity (Wildman–Crippen MR) is 87.1 cm³/mol. The zero-order chi connectivity index (χ0) is 17.0. The van der Waals surface area contributed by atoms with Crippen LogP contribution in [0.25, 0.3) is 10.8 Å². The van der Waals surface area contributed by atoms with Crippen molar-refractivity contribution in [2.45, 2.75) is 34.1 Å². The summed E-state index contributed by atoms with van der Waals surface area (Å²) < 4.78 is 16.6. The Kier molecular flexibility index (Phi) is 5.21. The Morgan fingerprint density at radius 2 is 1.43 bits per heavy atom. The average Bonchev–Trinajstić information content (AvgIpc) is 2.50. The van der Waals surface area contributed by atoms with Crippen molar-refractivity contribution in [2.24, 2.45) is 0 Å². The maximum absolute atomic E-state index is 11.5. The van der Waals surface area contributed by atoms with Crippen LogP contribution < -0.4 is 14.2 Å². The Morgan fingerprint density at radius 1 is 0.913 bits per heavy atom. The highest BCUT2D eigenvalue weighted by Crippen LogP contribution is 2.45. The molecule has 0 aromatic heterocycles. The van der Waals surface area contributed by atoms with Crippen LogP contribution in [0.15, 0.2) is 24.3 Å². The summed E-state index contributed by atoms with van der Waals surface area (Å²) in [5, 5.41) is 1.36. The van der Waals surface area contributed by atoms with E-state index in [1.807, 2.05) is 25.1 Å². The molecule has 0 atom stereocenters. The van der Waals surface area contributed by atoms with Crippen LogP contribution in [0.1, 0.15) is 32.8 Å². The summed E-state index contributed by atoms with van der Waals surface area (Å²) >= 11 is 0. The molecule has 0 fully saturated rings. The molecule has 0 radical (unpaired) electrons. The van der Waals surface area contributed by atoms with Gasteiger partial charge >= 0.3 is 11.9 Å². The number of benzene rings is 2. The molecule has 0 heterocycles. The van der Waals surface area contributed by atoms with Crippen molar-refractivity contribution in [3.8, 4) is 17.2 Å². The lowest BCUT2D eigenvalue weighted by atomic mass is 10.0. The van der Waals surface area contributed by atoms with Gasteiger partial charge in [-0.25, -0.2) is 0 Å². The molecule has 0 aliphatic rings. The van der Waals surface area contributed by atoms with Crippen LogP contribution >= 0.6 is 0 Å². The van der Waals surface area contributed by atoms with Gasteiger partial charge in [-0.1, -0.05) is 31.2 Å². The topological polar surface area (TPSA) is 61.8 Å². The van der Waals surface area contributed by atoms with E-state index in [1.165, 1.54) is 13.8 Å². The average molecular weight is 316 g/mol. The van der Waals surface area contributed by atoms with E-state index in [2.05, 4.69) is 0 Å². The van der Waals surface area contributed by atoms with Crippen molar-refractivity contribution in [2.75, 3.05) is 6.61 Å². The number of fused-ring (bicyclic) bond motifs is 1. The summed E-state index contributed by atoms with van der Waals surface area (Å²) in [6.07, 6.45) is 0.800. The number of ether oxygens (including phenoxy) is 3. The fourth-order valence-corrected chi connectivity index (χ4v) is 2.38. The van der Waals surface area contributed by atoms with Gasteiger partial charge in [0.05, 0.1) is 6.61 Å². The Labute approximate surface area is 135 Å². The lowest BCUT2D eigenvalue weighted by molar-refractivity contribution is -0.133. The molecule has 2 aromatic carbocycles. The number of hydrogen-bond donors (Lipinski definition) is 0. The van der Waals surface area contributed by atoms with Crippen molar-refractivity contribution in [1.29, 1.82) is 0 Å². The van der Waals surface area contributed by atoms with Crippen molar-refractivity contribution >= 4 is 22.7 Å². The highest BCUT2D eigenvalue weighted by Gasteiger charge is 2.22. The Balaban J connectivity index is 2.78. The highest BCUT2D eigenvalue weighted by molar-refractivity contribution is 5.99. The van der Waals surface area contributed by atoms with Gasteiger partial charge in [0.15, 0.2) is 11.5 Å². The number of hydrogen-bond acceptors (Lipinski definition) is 5. The minimum atomic E-state index is -0.434. The van der Waals surface area contributed by atoms with Gasteiger partial charge in [-0.05, 0) is 13.3 Å². The van der Waals surface area contributed by atoms with Crippen molar-refractivity contribution in [3.63, 3.8) is 0 Å². The largest absolute Gasteiger partial charge is 0.489 e. The number of carbonyl (C=O) groups excluding carboxylic acids is 2. The first kappa shape index (κ1) is 16.8. The lowest BCUT2D eigenvalue weighted by Gasteiger charge is -2.19. The molecular formula is C18H20O5. The van der Waals surface area contributed by atoms with Gasteiger partial charge in [0, 0.05) is 30.2 Å². The molecule has 0 amide bonds. The third-order valence-electron chi connectivity index (χ3n) is 3.25. The van der Waals surface area contributed by atoms with Gasteiger partial charge in [-0.2, -0.15) is 0 Å². The number of carbonyl (C=O) groups is 2. The van der Waals surface area contributed by atoms with Crippen LogP contribution in [0.4, 0.5) is 0 Å². The Bertz CT molecular complexity index is 749. The molecule has 2 aromatic rings. The monoisotopic (exact) mass is 316 g/mol. The minimum Gasteiger partial charge on any atom is -0.489 e. The molecule has 0 spiro atoms. The van der Waals surface area contributed by atoms with Gasteiger partial charge in [-0.3, -0.25) is 9.59 Å². The molecule has 2 rings (SSSR count). The number of esters is 2. The molecule has 122 valence electrons. The molecule has 0 saturated carbocycles. The fourth-order valence-electron chi connectivity index (χ4n) is 2.38. The van der Waals surface area contributed by atoms with E-state index >= 15 is 0 Å². The second kappa shape index (κ2) is 7.13. The zero-order valence-electron chi connectivity index (χ0n) is 13.8. The molecule has 0 aliphatic carbocycles. The predicted octanol–water partition coefficient (Wildman–Crippen LogP) is 3.79. The summed E-state index contributed by atoms with van der Waals surface area (Å²) in [7, 11) is 0. The second-order valence-electron chi connectivity index (χ2n) is 5.19. The summed E-state index contributed by atoms with van der Waals surface area (Å²) in [5.41, 5.74) is 0.628. The van der Waals surface area contributed by atoms with E-state index in [1.54, 1.807) is 13.0 Å². The van der Waals surface area contributed by atoms with Crippen LogP contribution in [0.2, 0.25) is 0 Å². The smallest absolute Gasteiger partial charge is 0.308 e. The van der Waals surface area contributed by atoms with E-state index in [0.717, 1.165) is 6.42 Å². The molecule has 0 bridgehead atoms. The maximum Gasteiger partial charge on any atom is 0.308 e. The molecule has 0 unspecified atom stereocenters. The van der Waals surface area contributed by atoms with Crippen LogP contribution in [0.5, 0.6) is 17.2 Å². The molecule has 5 nitrogen and oxygen atoms in total. The molecule has 0 saturated heterocycles. The minimum absolute atomic E-state index is 0.356. The molecule has 0 N–H and O–H groups in total. The Hall–Kier alpha value is -2.56. The van der Waals surface area contributed by atoms with Crippen LogP contribution in [0, 0.1) is 6.92 Å². The van der Waals surface area contributed by atoms with E-state index in [9.17, 15) is 9.59 Å². The van der Waals surface area contributed by atoms with Crippen LogP contribution in [-0.4, -0.2) is 18.5 Å². The number of rotatable bonds is 5. The van der Waals surface area contributed by atoms with Crippen molar-refractivity contribution in [1.82, 2.24) is 0 Å². The normalized spacial score (nSPS) is 10.4. The van der Waals surface area contributed by atoms with Crippen LogP contribution in [-0.2, 0) is 9.59 Å². The van der Waals surface area contributed by atoms with E-state index < -0.39 is 11.9 Å². The first-order valence-corrected chi connectivity index (χ1v) is 7.50. The standard InChI is InChI=1S/C18H20O5/c1-5-10-21-17-11(2)16(22-12(3)19)14-8-6-7-9-15(14)18(17)23-13(4)20/h6-9H,5,10H2,1-4H3. The van der Waals surface area contributed by atoms with Gasteiger partial charge in [0.2, 0.25) is 0 Å². The second-order valence-corrected chi connectivity index (χ2v) is 5.19. The zero-order valence-corrected chi connectivity index (χ0v) is 13.8. The van der Waals surface area contributed by atoms with E-state index in [4.69, 9.17) is 14.2 Å². The van der Waals surface area contributed by atoms with Crippen molar-refractivity contribution < 1.29 is 23.8 Å². The molecule has 23 heavy (non-hydrogen) atoms. The third kappa shape index (κ3) is 3.62. The van der Waals surface area contributed by atoms with Crippen molar-refractivity contribution in [3.05, 3.63) is 29.8 Å². The first-order valence-electron chi connectivity index (χ1n) is 7.50. The lowest BCUT2D eigenvalue weighted by Crippen LogP contribution is -2.09. The Morgan fingerprint density at radius 3 is 1.96 bits per heavy atom. The first-order chi connectivity index (χ1) is 11.0. The van der Waals surface area contributed by atoms with Gasteiger partial charge < -0.3 is 14.2 Å². The molecule has 5 heteroatoms. The van der Waals surface area contributed by atoms with E-state index in [-0.39, 0.29) is 0 Å². The summed E-state index contributed by atoms with van der Waals surface area (Å²) in [6, 6.07) is 7.28. The summed E-state index contributed by atoms with van der Waals surface area (Å²) in [5.74, 6) is 0.359. The van der Waals surface area contributed by atoms with Crippen LogP contribution in [0.3, 0.4) is 0 Å². The van der Waals surface area contributed by atoms with Gasteiger partial charge in [0.25, 0.3) is 0 Å². The molecule has 0 aliphatic heterocycles. The summed E-state index contributed by atoms with van der Waals surface area (Å²) in [4.78, 5) is 22.9. The van der Waals surface area contributed by atoms with Gasteiger partial charge in [0.1, 0.15) is 5.75 Å². The third-order valence-corrected chi connectivity index (χ3v) is 3.25. The summed E-state index contributed by atoms with van der Waals surface area (Å²) in [6.45, 7) is 6.92. The van der Waals surface area contributed by atoms with Gasteiger partial charge in [-0.15, -0.1) is 0 Å². The quantitative estimate of drug-likeness (QED) is 0.620.